The Kier molecular flexibility index (Phi) is 5.02. The van der Waals surface area contributed by atoms with Crippen molar-refractivity contribution in [2.75, 3.05) is 0 Å². The smallest absolute Gasteiger partial charge is 0.221 e. The Morgan fingerprint density at radius 1 is 1.33 bits per heavy atom. The van der Waals surface area contributed by atoms with Crippen molar-refractivity contribution in [1.82, 2.24) is 9.78 Å². The second kappa shape index (κ2) is 6.76. The van der Waals surface area contributed by atoms with E-state index in [0.29, 0.717) is 0 Å². The molecule has 1 aromatic heterocycles. The van der Waals surface area contributed by atoms with Crippen molar-refractivity contribution >= 4 is 0 Å². The monoisotopic (exact) mass is 287 g/mol. The maximum atomic E-state index is 6.10. The van der Waals surface area contributed by atoms with Crippen LogP contribution in [0.25, 0.3) is 0 Å². The van der Waals surface area contributed by atoms with Gasteiger partial charge in [-0.05, 0) is 43.9 Å². The van der Waals surface area contributed by atoms with Crippen LogP contribution in [0.4, 0.5) is 0 Å². The third-order valence-corrected chi connectivity index (χ3v) is 3.80. The zero-order valence-corrected chi connectivity index (χ0v) is 13.4. The first kappa shape index (κ1) is 15.6. The summed E-state index contributed by atoms with van der Waals surface area (Å²) >= 11 is 0. The predicted octanol–water partition coefficient (Wildman–Crippen LogP) is 3.36. The van der Waals surface area contributed by atoms with Crippen molar-refractivity contribution in [3.05, 3.63) is 41.1 Å². The summed E-state index contributed by atoms with van der Waals surface area (Å²) in [6, 6.07) is 8.32. The number of rotatable bonds is 6. The van der Waals surface area contributed by atoms with Gasteiger partial charge >= 0.3 is 0 Å². The molecule has 2 N–H and O–H groups in total. The normalized spacial score (nSPS) is 12.4. The Balaban J connectivity index is 2.30. The minimum Gasteiger partial charge on any atom is -0.439 e. The Morgan fingerprint density at radius 3 is 2.76 bits per heavy atom. The molecule has 2 aromatic rings. The Labute approximate surface area is 126 Å². The first-order valence-electron chi connectivity index (χ1n) is 7.60. The first-order chi connectivity index (χ1) is 10.0. The molecule has 0 aliphatic heterocycles. The molecule has 114 valence electrons. The van der Waals surface area contributed by atoms with E-state index in [0.717, 1.165) is 42.1 Å². The lowest BCUT2D eigenvalue weighted by atomic mass is 10.1. The topological polar surface area (TPSA) is 53.1 Å². The van der Waals surface area contributed by atoms with Crippen LogP contribution >= 0.6 is 0 Å². The molecule has 0 amide bonds. The van der Waals surface area contributed by atoms with Gasteiger partial charge in [0.05, 0.1) is 5.69 Å². The molecule has 1 unspecified atom stereocenters. The third-order valence-electron chi connectivity index (χ3n) is 3.80. The average molecular weight is 287 g/mol. The van der Waals surface area contributed by atoms with Crippen LogP contribution in [-0.2, 0) is 19.9 Å². The third kappa shape index (κ3) is 3.64. The number of aromatic nitrogens is 2. The SMILES string of the molecule is CCc1cccc(Oc2c(CC(N)CC)c(C)nn2C)c1. The first-order valence-corrected chi connectivity index (χ1v) is 7.60. The number of hydrogen-bond donors (Lipinski definition) is 1. The van der Waals surface area contributed by atoms with E-state index >= 15 is 0 Å². The summed E-state index contributed by atoms with van der Waals surface area (Å²) in [7, 11) is 1.91. The van der Waals surface area contributed by atoms with Gasteiger partial charge in [0.15, 0.2) is 0 Å². The highest BCUT2D eigenvalue weighted by atomic mass is 16.5. The van der Waals surface area contributed by atoms with Gasteiger partial charge in [-0.2, -0.15) is 5.10 Å². The van der Waals surface area contributed by atoms with Crippen molar-refractivity contribution < 1.29 is 4.74 Å². The van der Waals surface area contributed by atoms with Crippen molar-refractivity contribution in [3.8, 4) is 11.6 Å². The van der Waals surface area contributed by atoms with Gasteiger partial charge in [0, 0.05) is 18.7 Å². The highest BCUT2D eigenvalue weighted by Crippen LogP contribution is 2.28. The number of ether oxygens (including phenoxy) is 1. The van der Waals surface area contributed by atoms with Gasteiger partial charge in [0.2, 0.25) is 5.88 Å². The lowest BCUT2D eigenvalue weighted by Crippen LogP contribution is -2.21. The van der Waals surface area contributed by atoms with Gasteiger partial charge in [0.1, 0.15) is 5.75 Å². The van der Waals surface area contributed by atoms with E-state index in [1.807, 2.05) is 26.1 Å². The minimum atomic E-state index is 0.136. The summed E-state index contributed by atoms with van der Waals surface area (Å²) < 4.78 is 7.89. The van der Waals surface area contributed by atoms with Crippen LogP contribution in [0, 0.1) is 6.92 Å². The minimum absolute atomic E-state index is 0.136. The Bertz CT molecular complexity index is 604. The van der Waals surface area contributed by atoms with Gasteiger partial charge in [-0.3, -0.25) is 0 Å². The maximum absolute atomic E-state index is 6.10. The van der Waals surface area contributed by atoms with Gasteiger partial charge < -0.3 is 10.5 Å². The summed E-state index contributed by atoms with van der Waals surface area (Å²) in [5, 5.41) is 4.47. The molecule has 0 bridgehead atoms. The zero-order chi connectivity index (χ0) is 15.4. The van der Waals surface area contributed by atoms with Crippen LogP contribution in [0.2, 0.25) is 0 Å². The molecule has 0 saturated heterocycles. The number of aryl methyl sites for hydroxylation is 3. The molecule has 4 heteroatoms. The van der Waals surface area contributed by atoms with E-state index in [1.54, 1.807) is 4.68 Å². The lowest BCUT2D eigenvalue weighted by Gasteiger charge is -2.12. The number of nitrogens with two attached hydrogens (primary N) is 1. The predicted molar refractivity (Wildman–Crippen MR) is 85.8 cm³/mol. The summed E-state index contributed by atoms with van der Waals surface area (Å²) in [6.45, 7) is 6.24. The van der Waals surface area contributed by atoms with E-state index < -0.39 is 0 Å². The summed E-state index contributed by atoms with van der Waals surface area (Å²) in [5.41, 5.74) is 9.45. The largest absolute Gasteiger partial charge is 0.439 e. The van der Waals surface area contributed by atoms with E-state index in [9.17, 15) is 0 Å². The second-order valence-electron chi connectivity index (χ2n) is 5.47. The molecule has 0 fully saturated rings. The van der Waals surface area contributed by atoms with Crippen LogP contribution in [0.1, 0.15) is 37.1 Å². The van der Waals surface area contributed by atoms with Gasteiger partial charge in [-0.15, -0.1) is 0 Å². The maximum Gasteiger partial charge on any atom is 0.221 e. The second-order valence-corrected chi connectivity index (χ2v) is 5.47. The standard InChI is InChI=1S/C17H25N3O/c1-5-13-8-7-9-15(10-13)21-17-16(11-14(18)6-2)12(3)19-20(17)4/h7-10,14H,5-6,11,18H2,1-4H3. The molecule has 0 radical (unpaired) electrons. The quantitative estimate of drug-likeness (QED) is 0.886. The highest BCUT2D eigenvalue weighted by Gasteiger charge is 2.17. The van der Waals surface area contributed by atoms with Crippen LogP contribution in [0.15, 0.2) is 24.3 Å². The number of hydrogen-bond acceptors (Lipinski definition) is 3. The molecule has 0 aliphatic carbocycles. The van der Waals surface area contributed by atoms with E-state index in [2.05, 4.69) is 31.1 Å². The average Bonchev–Trinajstić information content (AvgIpc) is 2.74. The van der Waals surface area contributed by atoms with Crippen molar-refractivity contribution in [1.29, 1.82) is 0 Å². The summed E-state index contributed by atoms with van der Waals surface area (Å²) in [6.07, 6.45) is 2.73. The lowest BCUT2D eigenvalue weighted by molar-refractivity contribution is 0.423. The highest BCUT2D eigenvalue weighted by molar-refractivity contribution is 5.37. The molecular weight excluding hydrogens is 262 g/mol. The van der Waals surface area contributed by atoms with Crippen molar-refractivity contribution in [2.45, 2.75) is 46.1 Å². The van der Waals surface area contributed by atoms with Crippen LogP contribution in [0.5, 0.6) is 11.6 Å². The molecule has 1 aromatic carbocycles. The van der Waals surface area contributed by atoms with E-state index in [4.69, 9.17) is 10.5 Å². The van der Waals surface area contributed by atoms with Gasteiger partial charge in [-0.25, -0.2) is 4.68 Å². The number of nitrogens with zero attached hydrogens (tertiary/aromatic N) is 2. The molecule has 0 saturated carbocycles. The zero-order valence-electron chi connectivity index (χ0n) is 13.4. The fraction of sp³-hybridized carbons (Fsp3) is 0.471. The van der Waals surface area contributed by atoms with Crippen molar-refractivity contribution in [3.63, 3.8) is 0 Å². The molecule has 1 atom stereocenters. The van der Waals surface area contributed by atoms with Crippen molar-refractivity contribution in [2.24, 2.45) is 12.8 Å². The molecular formula is C17H25N3O. The van der Waals surface area contributed by atoms with Crippen LogP contribution < -0.4 is 10.5 Å². The molecule has 0 aliphatic rings. The van der Waals surface area contributed by atoms with Gasteiger partial charge in [0.25, 0.3) is 0 Å². The van der Waals surface area contributed by atoms with Crippen LogP contribution in [-0.4, -0.2) is 15.8 Å². The molecule has 4 nitrogen and oxygen atoms in total. The molecule has 21 heavy (non-hydrogen) atoms. The summed E-state index contributed by atoms with van der Waals surface area (Å²) in [4.78, 5) is 0. The van der Waals surface area contributed by atoms with Crippen LogP contribution in [0.3, 0.4) is 0 Å². The molecule has 0 spiro atoms. The molecule has 2 rings (SSSR count). The molecule has 1 heterocycles. The van der Waals surface area contributed by atoms with Gasteiger partial charge in [-0.1, -0.05) is 26.0 Å². The summed E-state index contributed by atoms with van der Waals surface area (Å²) in [5.74, 6) is 1.65. The van der Waals surface area contributed by atoms with E-state index in [1.165, 1.54) is 5.56 Å². The number of benzene rings is 1. The fourth-order valence-electron chi connectivity index (χ4n) is 2.39. The Morgan fingerprint density at radius 2 is 2.10 bits per heavy atom. The Hall–Kier alpha value is -1.81. The fourth-order valence-corrected chi connectivity index (χ4v) is 2.39. The van der Waals surface area contributed by atoms with E-state index in [-0.39, 0.29) is 6.04 Å².